The Morgan fingerprint density at radius 1 is 0.958 bits per heavy atom. The molecule has 0 aromatic heterocycles. The minimum atomic E-state index is -0.402. The maximum atomic E-state index is 13.7. The number of ether oxygens (including phenoxy) is 5. The first kappa shape index (κ1) is 35.0. The molecule has 0 radical (unpaired) electrons. The van der Waals surface area contributed by atoms with Gasteiger partial charge in [-0.2, -0.15) is 0 Å². The summed E-state index contributed by atoms with van der Waals surface area (Å²) in [6.07, 6.45) is 1.71. The fraction of sp³-hybridized carbons (Fsp3) is 0.474. The summed E-state index contributed by atoms with van der Waals surface area (Å²) in [4.78, 5) is 32.1. The van der Waals surface area contributed by atoms with E-state index in [0.717, 1.165) is 53.4 Å². The number of hydrogen-bond donors (Lipinski definition) is 0. The molecule has 0 N–H and O–H groups in total. The van der Waals surface area contributed by atoms with E-state index >= 15 is 0 Å². The van der Waals surface area contributed by atoms with Crippen molar-refractivity contribution in [2.45, 2.75) is 57.0 Å². The van der Waals surface area contributed by atoms with E-state index in [1.165, 1.54) is 0 Å². The third-order valence-electron chi connectivity index (χ3n) is 9.19. The van der Waals surface area contributed by atoms with Crippen LogP contribution in [0.3, 0.4) is 0 Å². The van der Waals surface area contributed by atoms with Crippen LogP contribution in [-0.2, 0) is 32.2 Å². The molecule has 10 nitrogen and oxygen atoms in total. The van der Waals surface area contributed by atoms with Crippen LogP contribution in [0.25, 0.3) is 0 Å². The molecule has 2 heterocycles. The molecule has 2 aliphatic heterocycles. The first-order valence-electron chi connectivity index (χ1n) is 16.8. The normalized spacial score (nSPS) is 18.9. The maximum Gasteiger partial charge on any atom is 0.410 e. The van der Waals surface area contributed by atoms with Gasteiger partial charge in [-0.15, -0.1) is 0 Å². The molecule has 0 aliphatic carbocycles. The number of piperidine rings is 1. The largest absolute Gasteiger partial charge is 0.497 e. The van der Waals surface area contributed by atoms with E-state index in [0.29, 0.717) is 45.6 Å². The summed E-state index contributed by atoms with van der Waals surface area (Å²) in [6, 6.07) is 23.7. The Hall–Kier alpha value is -4.28. The predicted octanol–water partition coefficient (Wildman–Crippen LogP) is 5.88. The van der Waals surface area contributed by atoms with Gasteiger partial charge in [0.05, 0.1) is 38.6 Å². The van der Waals surface area contributed by atoms with Gasteiger partial charge in [0.25, 0.3) is 0 Å². The Labute approximate surface area is 284 Å². The zero-order valence-electron chi connectivity index (χ0n) is 28.6. The van der Waals surface area contributed by atoms with Gasteiger partial charge in [0.2, 0.25) is 5.91 Å². The minimum absolute atomic E-state index is 0.0139. The monoisotopic (exact) mass is 659 g/mol. The molecule has 0 unspecified atom stereocenters. The van der Waals surface area contributed by atoms with Gasteiger partial charge in [-0.3, -0.25) is 4.79 Å². The van der Waals surface area contributed by atoms with Crippen molar-refractivity contribution in [3.63, 3.8) is 0 Å². The van der Waals surface area contributed by atoms with Gasteiger partial charge in [-0.05, 0) is 60.2 Å². The van der Waals surface area contributed by atoms with Crippen LogP contribution in [-0.4, -0.2) is 95.1 Å². The zero-order valence-corrected chi connectivity index (χ0v) is 28.6. The minimum Gasteiger partial charge on any atom is -0.497 e. The first-order chi connectivity index (χ1) is 23.4. The molecule has 48 heavy (non-hydrogen) atoms. The Morgan fingerprint density at radius 2 is 1.75 bits per heavy atom. The summed E-state index contributed by atoms with van der Waals surface area (Å²) in [5.74, 6) is 1.66. The second-order valence-corrected chi connectivity index (χ2v) is 12.6. The van der Waals surface area contributed by atoms with Crippen LogP contribution in [0.5, 0.6) is 11.5 Å². The number of methoxy groups -OCH3 is 2. The smallest absolute Gasteiger partial charge is 0.410 e. The Kier molecular flexibility index (Phi) is 12.6. The van der Waals surface area contributed by atoms with Crippen LogP contribution in [0, 0.1) is 0 Å². The summed E-state index contributed by atoms with van der Waals surface area (Å²) in [6.45, 7) is 3.94. The molecule has 5 rings (SSSR count). The molecule has 0 spiro atoms. The number of benzene rings is 3. The van der Waals surface area contributed by atoms with Gasteiger partial charge in [-0.1, -0.05) is 48.5 Å². The van der Waals surface area contributed by atoms with Crippen molar-refractivity contribution in [2.24, 2.45) is 0 Å². The fourth-order valence-electron chi connectivity index (χ4n) is 6.47. The van der Waals surface area contributed by atoms with Crippen LogP contribution in [0.15, 0.2) is 72.8 Å². The standard InChI is InChI=1S/C38H49N3O7/c1-39(2)37(42)18-14-31-24-33(30-12-15-32(45-4)16-13-30)36(25-41(31)38(43)48-26-28-9-6-5-7-10-28)47-27-29-11-17-35-34(23-29)40(20-22-46-35)19-8-21-44-3/h5-7,9-13,15-17,23,31,33,36H,8,14,18-22,24-27H2,1-4H3/t31-,33-,36+/m1/s1. The molecule has 0 bridgehead atoms. The molecule has 10 heteroatoms. The van der Waals surface area contributed by atoms with Gasteiger partial charge in [0.15, 0.2) is 0 Å². The topological polar surface area (TPSA) is 90.0 Å². The number of carbonyl (C=O) groups is 2. The second kappa shape index (κ2) is 17.2. The van der Waals surface area contributed by atoms with E-state index in [-0.39, 0.29) is 30.6 Å². The lowest BCUT2D eigenvalue weighted by atomic mass is 9.81. The highest BCUT2D eigenvalue weighted by Crippen LogP contribution is 2.38. The molecule has 2 amide bonds. The summed E-state index contributed by atoms with van der Waals surface area (Å²) in [5.41, 5.74) is 4.11. The first-order valence-corrected chi connectivity index (χ1v) is 16.8. The maximum absolute atomic E-state index is 13.7. The highest BCUT2D eigenvalue weighted by molar-refractivity contribution is 5.75. The lowest BCUT2D eigenvalue weighted by molar-refractivity contribution is -0.129. The molecule has 3 atom stereocenters. The van der Waals surface area contributed by atoms with E-state index in [9.17, 15) is 9.59 Å². The van der Waals surface area contributed by atoms with Gasteiger partial charge in [0.1, 0.15) is 24.7 Å². The fourth-order valence-corrected chi connectivity index (χ4v) is 6.47. The number of likely N-dealkylation sites (tertiary alicyclic amines) is 1. The summed E-state index contributed by atoms with van der Waals surface area (Å²) >= 11 is 0. The van der Waals surface area contributed by atoms with Crippen molar-refractivity contribution in [3.8, 4) is 11.5 Å². The van der Waals surface area contributed by atoms with Crippen LogP contribution < -0.4 is 14.4 Å². The third kappa shape index (κ3) is 9.20. The van der Waals surface area contributed by atoms with E-state index in [1.807, 2.05) is 54.6 Å². The molecular weight excluding hydrogens is 610 g/mol. The summed E-state index contributed by atoms with van der Waals surface area (Å²) < 4.78 is 29.2. The number of fused-ring (bicyclic) bond motifs is 1. The SMILES string of the molecule is COCCCN1CCOc2ccc(CO[C@H]3CN(C(=O)OCc4ccccc4)[C@H](CCC(=O)N(C)C)C[C@@H]3c3ccc(OC)cc3)cc21. The van der Waals surface area contributed by atoms with Gasteiger partial charge >= 0.3 is 6.09 Å². The molecule has 0 saturated carbocycles. The van der Waals surface area contributed by atoms with Crippen molar-refractivity contribution in [3.05, 3.63) is 89.5 Å². The van der Waals surface area contributed by atoms with Crippen molar-refractivity contribution in [2.75, 3.05) is 66.1 Å². The zero-order chi connectivity index (χ0) is 33.9. The van der Waals surface area contributed by atoms with Gasteiger partial charge in [0, 0.05) is 52.7 Å². The second-order valence-electron chi connectivity index (χ2n) is 12.6. The average Bonchev–Trinajstić information content (AvgIpc) is 3.12. The lowest BCUT2D eigenvalue weighted by Crippen LogP contribution is -2.52. The molecule has 1 fully saturated rings. The Balaban J connectivity index is 1.38. The highest BCUT2D eigenvalue weighted by atomic mass is 16.6. The predicted molar refractivity (Wildman–Crippen MR) is 185 cm³/mol. The van der Waals surface area contributed by atoms with Crippen LogP contribution >= 0.6 is 0 Å². The molecule has 2 aliphatic rings. The van der Waals surface area contributed by atoms with Crippen molar-refractivity contribution in [1.29, 1.82) is 0 Å². The van der Waals surface area contributed by atoms with Crippen LogP contribution in [0.2, 0.25) is 0 Å². The van der Waals surface area contributed by atoms with E-state index in [1.54, 1.807) is 38.1 Å². The van der Waals surface area contributed by atoms with Crippen molar-refractivity contribution in [1.82, 2.24) is 9.80 Å². The molecule has 3 aromatic rings. The lowest BCUT2D eigenvalue weighted by Gasteiger charge is -2.43. The third-order valence-corrected chi connectivity index (χ3v) is 9.19. The Bertz CT molecular complexity index is 1470. The van der Waals surface area contributed by atoms with Gasteiger partial charge in [-0.25, -0.2) is 4.79 Å². The van der Waals surface area contributed by atoms with E-state index in [2.05, 4.69) is 23.1 Å². The van der Waals surface area contributed by atoms with Crippen LogP contribution in [0.4, 0.5) is 10.5 Å². The number of hydrogen-bond acceptors (Lipinski definition) is 8. The average molecular weight is 660 g/mol. The number of carbonyl (C=O) groups excluding carboxylic acids is 2. The Morgan fingerprint density at radius 3 is 2.48 bits per heavy atom. The molecular formula is C38H49N3O7. The van der Waals surface area contributed by atoms with Crippen molar-refractivity contribution >= 4 is 17.7 Å². The van der Waals surface area contributed by atoms with Crippen LogP contribution in [0.1, 0.15) is 48.3 Å². The summed E-state index contributed by atoms with van der Waals surface area (Å²) in [7, 11) is 6.89. The van der Waals surface area contributed by atoms with E-state index in [4.69, 9.17) is 23.7 Å². The van der Waals surface area contributed by atoms with E-state index < -0.39 is 6.09 Å². The van der Waals surface area contributed by atoms with Crippen molar-refractivity contribution < 1.29 is 33.3 Å². The highest BCUT2D eigenvalue weighted by Gasteiger charge is 2.40. The number of rotatable bonds is 14. The number of anilines is 1. The van der Waals surface area contributed by atoms with Gasteiger partial charge < -0.3 is 38.4 Å². The number of amides is 2. The summed E-state index contributed by atoms with van der Waals surface area (Å²) in [5, 5.41) is 0. The molecule has 258 valence electrons. The quantitative estimate of drug-likeness (QED) is 0.198. The molecule has 1 saturated heterocycles. The molecule has 3 aromatic carbocycles. The number of nitrogens with zero attached hydrogens (tertiary/aromatic N) is 3.